The van der Waals surface area contributed by atoms with Gasteiger partial charge in [-0.25, -0.2) is 18.1 Å². The molecule has 0 saturated carbocycles. The van der Waals surface area contributed by atoms with Crippen molar-refractivity contribution in [2.75, 3.05) is 4.72 Å². The van der Waals surface area contributed by atoms with Crippen molar-refractivity contribution < 1.29 is 21.6 Å². The number of fused-ring (bicyclic) bond motifs is 1. The molecule has 3 heterocycles. The number of halogens is 3. The number of sulfonamides is 1. The van der Waals surface area contributed by atoms with Gasteiger partial charge in [0.1, 0.15) is 4.90 Å². The zero-order valence-corrected chi connectivity index (χ0v) is 19.1. The summed E-state index contributed by atoms with van der Waals surface area (Å²) in [5.41, 5.74) is 1.37. The Morgan fingerprint density at radius 2 is 1.82 bits per heavy atom. The van der Waals surface area contributed by atoms with Crippen LogP contribution in [-0.4, -0.2) is 33.0 Å². The van der Waals surface area contributed by atoms with E-state index in [0.717, 1.165) is 23.1 Å². The topological polar surface area (TPSA) is 94.7 Å². The molecular weight excluding hydrogens is 457 g/mol. The summed E-state index contributed by atoms with van der Waals surface area (Å²) in [7, 11) is -2.37. The first-order valence-corrected chi connectivity index (χ1v) is 11.5. The number of aromatic nitrogens is 5. The summed E-state index contributed by atoms with van der Waals surface area (Å²) >= 11 is 0. The van der Waals surface area contributed by atoms with Crippen LogP contribution >= 0.6 is 0 Å². The molecule has 0 spiro atoms. The number of aryl methyl sites for hydroxylation is 3. The molecule has 3 aromatic heterocycles. The van der Waals surface area contributed by atoms with E-state index in [9.17, 15) is 21.6 Å². The lowest BCUT2D eigenvalue weighted by molar-refractivity contribution is -0.137. The van der Waals surface area contributed by atoms with Crippen molar-refractivity contribution in [3.63, 3.8) is 0 Å². The van der Waals surface area contributed by atoms with Gasteiger partial charge < -0.3 is 0 Å². The average molecular weight is 479 g/mol. The highest BCUT2D eigenvalue weighted by Gasteiger charge is 2.31. The fourth-order valence-corrected chi connectivity index (χ4v) is 5.33. The molecule has 174 valence electrons. The number of alkyl halides is 3. The minimum atomic E-state index is -4.52. The molecule has 0 aliphatic heterocycles. The van der Waals surface area contributed by atoms with E-state index in [2.05, 4.69) is 19.9 Å². The lowest BCUT2D eigenvalue weighted by Gasteiger charge is -2.14. The van der Waals surface area contributed by atoms with E-state index < -0.39 is 21.8 Å². The molecule has 4 rings (SSSR count). The molecule has 0 aliphatic carbocycles. The van der Waals surface area contributed by atoms with Crippen molar-refractivity contribution in [3.8, 4) is 5.82 Å². The van der Waals surface area contributed by atoms with Crippen LogP contribution in [0.5, 0.6) is 0 Å². The predicted molar refractivity (Wildman–Crippen MR) is 117 cm³/mol. The van der Waals surface area contributed by atoms with Crippen LogP contribution in [0, 0.1) is 13.8 Å². The smallest absolute Gasteiger partial charge is 0.277 e. The molecule has 1 aromatic carbocycles. The average Bonchev–Trinajstić information content (AvgIpc) is 3.27. The number of hydrogen-bond donors (Lipinski definition) is 1. The molecule has 0 amide bonds. The maximum absolute atomic E-state index is 13.5. The number of nitrogens with one attached hydrogen (secondary N) is 1. The summed E-state index contributed by atoms with van der Waals surface area (Å²) in [6, 6.07) is 5.75. The Morgan fingerprint density at radius 3 is 2.42 bits per heavy atom. The van der Waals surface area contributed by atoms with Gasteiger partial charge in [0, 0.05) is 18.6 Å². The molecule has 1 N–H and O–H groups in total. The summed E-state index contributed by atoms with van der Waals surface area (Å²) in [5, 5.41) is 9.23. The van der Waals surface area contributed by atoms with Gasteiger partial charge in [0.15, 0.2) is 5.82 Å². The molecule has 0 saturated heterocycles. The second kappa shape index (κ2) is 7.87. The third-order valence-electron chi connectivity index (χ3n) is 5.39. The van der Waals surface area contributed by atoms with Crippen molar-refractivity contribution in [1.29, 1.82) is 0 Å². The van der Waals surface area contributed by atoms with Gasteiger partial charge in [0.25, 0.3) is 10.0 Å². The normalized spacial score (nSPS) is 12.5. The Balaban J connectivity index is 1.79. The second-order valence-corrected chi connectivity index (χ2v) is 9.20. The zero-order chi connectivity index (χ0) is 24.1. The van der Waals surface area contributed by atoms with Crippen LogP contribution < -0.4 is 4.72 Å². The van der Waals surface area contributed by atoms with Crippen LogP contribution in [0.4, 0.5) is 18.9 Å². The van der Waals surface area contributed by atoms with Gasteiger partial charge in [-0.15, -0.1) is 0 Å². The summed E-state index contributed by atoms with van der Waals surface area (Å²) in [5.74, 6) is 0.0769. The Bertz CT molecular complexity index is 1450. The van der Waals surface area contributed by atoms with E-state index in [-0.39, 0.29) is 22.1 Å². The largest absolute Gasteiger partial charge is 0.417 e. The maximum Gasteiger partial charge on any atom is 0.417 e. The van der Waals surface area contributed by atoms with Crippen molar-refractivity contribution in [3.05, 3.63) is 59.2 Å². The second-order valence-electron chi connectivity index (χ2n) is 7.58. The first-order valence-electron chi connectivity index (χ1n) is 10.00. The minimum absolute atomic E-state index is 0.0644. The van der Waals surface area contributed by atoms with E-state index in [4.69, 9.17) is 0 Å². The fourth-order valence-electron chi connectivity index (χ4n) is 3.82. The van der Waals surface area contributed by atoms with Gasteiger partial charge >= 0.3 is 6.18 Å². The van der Waals surface area contributed by atoms with Crippen LogP contribution in [0.1, 0.15) is 29.4 Å². The van der Waals surface area contributed by atoms with E-state index in [1.165, 1.54) is 18.5 Å². The molecule has 12 heteroatoms. The molecule has 0 aliphatic rings. The van der Waals surface area contributed by atoms with Gasteiger partial charge in [0.2, 0.25) is 0 Å². The zero-order valence-electron chi connectivity index (χ0n) is 18.3. The van der Waals surface area contributed by atoms with E-state index >= 15 is 0 Å². The van der Waals surface area contributed by atoms with Crippen LogP contribution in [-0.2, 0) is 29.7 Å². The lowest BCUT2D eigenvalue weighted by atomic mass is 10.1. The number of benzene rings is 1. The van der Waals surface area contributed by atoms with Crippen LogP contribution in [0.2, 0.25) is 0 Å². The molecule has 0 fully saturated rings. The van der Waals surface area contributed by atoms with Crippen molar-refractivity contribution in [1.82, 2.24) is 24.5 Å². The number of hydrogen-bond acceptors (Lipinski definition) is 5. The van der Waals surface area contributed by atoms with E-state index in [1.807, 2.05) is 19.1 Å². The first-order chi connectivity index (χ1) is 15.4. The highest BCUT2D eigenvalue weighted by Crippen LogP contribution is 2.32. The first kappa shape index (κ1) is 22.8. The van der Waals surface area contributed by atoms with E-state index in [0.29, 0.717) is 23.8 Å². The molecule has 0 unspecified atom stereocenters. The molecule has 0 bridgehead atoms. The van der Waals surface area contributed by atoms with Gasteiger partial charge in [-0.05, 0) is 38.0 Å². The standard InChI is InChI=1S/C21H21F3N6O2S/c1-5-14-6-7-15-10-26-29(4)19(15)18(14)28-33(31,32)20-12(2)27-30(13(20)3)17-9-8-16(11-25-17)21(22,23)24/h6-11,28H,5H2,1-4H3. The number of anilines is 1. The third kappa shape index (κ3) is 3.94. The Labute approximate surface area is 188 Å². The minimum Gasteiger partial charge on any atom is -0.277 e. The predicted octanol–water partition coefficient (Wildman–Crippen LogP) is 4.15. The summed E-state index contributed by atoms with van der Waals surface area (Å²) < 4.78 is 71.0. The molecule has 0 radical (unpaired) electrons. The van der Waals surface area contributed by atoms with Gasteiger partial charge in [-0.3, -0.25) is 9.40 Å². The highest BCUT2D eigenvalue weighted by atomic mass is 32.2. The van der Waals surface area contributed by atoms with Gasteiger partial charge in [-0.1, -0.05) is 19.1 Å². The van der Waals surface area contributed by atoms with Crippen molar-refractivity contribution in [2.24, 2.45) is 7.05 Å². The van der Waals surface area contributed by atoms with Crippen molar-refractivity contribution >= 4 is 26.6 Å². The highest BCUT2D eigenvalue weighted by molar-refractivity contribution is 7.92. The summed E-state index contributed by atoms with van der Waals surface area (Å²) in [4.78, 5) is 3.76. The van der Waals surface area contributed by atoms with Crippen LogP contribution in [0.15, 0.2) is 41.6 Å². The Kier molecular flexibility index (Phi) is 5.43. The lowest BCUT2D eigenvalue weighted by Crippen LogP contribution is -2.17. The SMILES string of the molecule is CCc1ccc2cnn(C)c2c1NS(=O)(=O)c1c(C)nn(-c2ccc(C(F)(F)F)cn2)c1C. The quantitative estimate of drug-likeness (QED) is 0.465. The Morgan fingerprint density at radius 1 is 1.09 bits per heavy atom. The number of nitrogens with zero attached hydrogens (tertiary/aromatic N) is 5. The maximum atomic E-state index is 13.5. The summed E-state index contributed by atoms with van der Waals surface area (Å²) in [6.45, 7) is 4.97. The molecule has 4 aromatic rings. The third-order valence-corrected chi connectivity index (χ3v) is 6.99. The fraction of sp³-hybridized carbons (Fsp3) is 0.286. The van der Waals surface area contributed by atoms with Crippen LogP contribution in [0.25, 0.3) is 16.7 Å². The van der Waals surface area contributed by atoms with E-state index in [1.54, 1.807) is 17.9 Å². The van der Waals surface area contributed by atoms with Gasteiger partial charge in [0.05, 0.1) is 34.4 Å². The van der Waals surface area contributed by atoms with Crippen LogP contribution in [0.3, 0.4) is 0 Å². The number of pyridine rings is 1. The summed E-state index contributed by atoms with van der Waals surface area (Å²) in [6.07, 6.45) is -1.60. The van der Waals surface area contributed by atoms with Gasteiger partial charge in [-0.2, -0.15) is 23.4 Å². The van der Waals surface area contributed by atoms with Crippen molar-refractivity contribution in [2.45, 2.75) is 38.3 Å². The molecule has 8 nitrogen and oxygen atoms in total. The number of rotatable bonds is 5. The Hall–Kier alpha value is -3.41. The molecule has 0 atom stereocenters. The molecule has 33 heavy (non-hydrogen) atoms. The monoisotopic (exact) mass is 478 g/mol. The molecular formula is C21H21F3N6O2S.